The number of ether oxygens (including phenoxy) is 1. The van der Waals surface area contributed by atoms with Gasteiger partial charge in [0.1, 0.15) is 12.4 Å². The third-order valence-electron chi connectivity index (χ3n) is 3.43. The largest absolute Gasteiger partial charge is 0.492 e. The Morgan fingerprint density at radius 3 is 3.11 bits per heavy atom. The van der Waals surface area contributed by atoms with Gasteiger partial charge in [-0.1, -0.05) is 19.1 Å². The Bertz CT molecular complexity index is 367. The molecule has 1 atom stereocenters. The van der Waals surface area contributed by atoms with E-state index in [9.17, 15) is 0 Å². The molecule has 1 aromatic carbocycles. The highest BCUT2D eigenvalue weighted by atomic mass is 16.5. The van der Waals surface area contributed by atoms with Gasteiger partial charge in [-0.15, -0.1) is 0 Å². The van der Waals surface area contributed by atoms with Crippen LogP contribution in [0.25, 0.3) is 0 Å². The van der Waals surface area contributed by atoms with E-state index in [2.05, 4.69) is 30.0 Å². The molecule has 1 heterocycles. The summed E-state index contributed by atoms with van der Waals surface area (Å²) in [5, 5.41) is 0. The van der Waals surface area contributed by atoms with Crippen molar-refractivity contribution in [1.82, 2.24) is 4.90 Å². The van der Waals surface area contributed by atoms with E-state index in [1.165, 1.54) is 31.5 Å². The van der Waals surface area contributed by atoms with Gasteiger partial charge < -0.3 is 10.5 Å². The number of nitrogens with zero attached hydrogens (tertiary/aromatic N) is 1. The highest BCUT2D eigenvalue weighted by molar-refractivity contribution is 5.28. The molecule has 0 radical (unpaired) electrons. The van der Waals surface area contributed by atoms with Crippen LogP contribution in [0.1, 0.15) is 25.3 Å². The lowest BCUT2D eigenvalue weighted by atomic mass is 10.00. The Morgan fingerprint density at radius 1 is 1.44 bits per heavy atom. The molecule has 2 N–H and O–H groups in total. The van der Waals surface area contributed by atoms with E-state index in [0.29, 0.717) is 13.2 Å². The quantitative estimate of drug-likeness (QED) is 0.868. The fourth-order valence-electron chi connectivity index (χ4n) is 2.60. The minimum absolute atomic E-state index is 0.563. The molecule has 1 aromatic rings. The van der Waals surface area contributed by atoms with E-state index in [4.69, 9.17) is 10.5 Å². The molecule has 0 amide bonds. The van der Waals surface area contributed by atoms with Crippen molar-refractivity contribution in [2.24, 2.45) is 11.7 Å². The summed E-state index contributed by atoms with van der Waals surface area (Å²) < 4.78 is 5.56. The third-order valence-corrected chi connectivity index (χ3v) is 3.43. The van der Waals surface area contributed by atoms with E-state index >= 15 is 0 Å². The first-order valence-electron chi connectivity index (χ1n) is 6.92. The van der Waals surface area contributed by atoms with Crippen molar-refractivity contribution < 1.29 is 4.74 Å². The summed E-state index contributed by atoms with van der Waals surface area (Å²) in [6.07, 6.45) is 2.70. The molecule has 1 unspecified atom stereocenters. The number of hydrogen-bond donors (Lipinski definition) is 1. The smallest absolute Gasteiger partial charge is 0.119 e. The van der Waals surface area contributed by atoms with Crippen molar-refractivity contribution in [3.63, 3.8) is 0 Å². The van der Waals surface area contributed by atoms with Crippen LogP contribution in [0.4, 0.5) is 0 Å². The van der Waals surface area contributed by atoms with E-state index in [-0.39, 0.29) is 0 Å². The molecule has 2 rings (SSSR count). The summed E-state index contributed by atoms with van der Waals surface area (Å²) in [4.78, 5) is 2.54. The Morgan fingerprint density at radius 2 is 2.33 bits per heavy atom. The molecule has 18 heavy (non-hydrogen) atoms. The van der Waals surface area contributed by atoms with Crippen molar-refractivity contribution in [2.45, 2.75) is 26.3 Å². The summed E-state index contributed by atoms with van der Waals surface area (Å²) in [5.74, 6) is 1.76. The molecule has 3 nitrogen and oxygen atoms in total. The monoisotopic (exact) mass is 248 g/mol. The summed E-state index contributed by atoms with van der Waals surface area (Å²) in [6.45, 7) is 6.96. The van der Waals surface area contributed by atoms with Gasteiger partial charge in [0.05, 0.1) is 0 Å². The zero-order valence-electron chi connectivity index (χ0n) is 11.3. The van der Waals surface area contributed by atoms with Crippen molar-refractivity contribution >= 4 is 0 Å². The highest BCUT2D eigenvalue weighted by Crippen LogP contribution is 2.20. The lowest BCUT2D eigenvalue weighted by molar-refractivity contribution is 0.176. The number of nitrogens with two attached hydrogens (primary N) is 1. The van der Waals surface area contributed by atoms with E-state index < -0.39 is 0 Å². The lowest BCUT2D eigenvalue weighted by Gasteiger charge is -2.30. The van der Waals surface area contributed by atoms with Crippen LogP contribution >= 0.6 is 0 Å². The molecule has 0 saturated carbocycles. The maximum Gasteiger partial charge on any atom is 0.119 e. The third kappa shape index (κ3) is 4.00. The van der Waals surface area contributed by atoms with Crippen LogP contribution in [-0.2, 0) is 6.54 Å². The molecule has 100 valence electrons. The lowest BCUT2D eigenvalue weighted by Crippen LogP contribution is -2.33. The molecule has 1 aliphatic heterocycles. The van der Waals surface area contributed by atoms with E-state index in [1.54, 1.807) is 0 Å². The molecule has 0 bridgehead atoms. The van der Waals surface area contributed by atoms with E-state index in [1.807, 2.05) is 6.07 Å². The van der Waals surface area contributed by atoms with Crippen LogP contribution in [0.5, 0.6) is 5.75 Å². The molecule has 0 aromatic heterocycles. The number of hydrogen-bond acceptors (Lipinski definition) is 3. The van der Waals surface area contributed by atoms with Crippen LogP contribution in [-0.4, -0.2) is 31.1 Å². The van der Waals surface area contributed by atoms with Gasteiger partial charge >= 0.3 is 0 Å². The molecule has 0 spiro atoms. The molecular formula is C15H24N2O. The van der Waals surface area contributed by atoms with Gasteiger partial charge in [-0.2, -0.15) is 0 Å². The number of benzene rings is 1. The summed E-state index contributed by atoms with van der Waals surface area (Å²) in [6, 6.07) is 8.37. The van der Waals surface area contributed by atoms with Crippen LogP contribution in [0, 0.1) is 5.92 Å². The predicted octanol–water partition coefficient (Wildman–Crippen LogP) is 2.26. The van der Waals surface area contributed by atoms with Gasteiger partial charge in [0.25, 0.3) is 0 Å². The van der Waals surface area contributed by atoms with Crippen molar-refractivity contribution in [1.29, 1.82) is 0 Å². The van der Waals surface area contributed by atoms with Crippen molar-refractivity contribution in [3.8, 4) is 5.75 Å². The maximum atomic E-state index is 5.56. The number of likely N-dealkylation sites (tertiary alicyclic amines) is 1. The minimum atomic E-state index is 0.563. The SMILES string of the molecule is CC1CCCN(Cc2cccc(OCCN)c2)C1. The molecule has 0 aliphatic carbocycles. The topological polar surface area (TPSA) is 38.5 Å². The zero-order valence-corrected chi connectivity index (χ0v) is 11.3. The number of piperidine rings is 1. The summed E-state index contributed by atoms with van der Waals surface area (Å²) >= 11 is 0. The molecule has 1 saturated heterocycles. The second-order valence-electron chi connectivity index (χ2n) is 5.27. The first kappa shape index (κ1) is 13.4. The molecule has 1 fully saturated rings. The Balaban J connectivity index is 1.91. The predicted molar refractivity (Wildman–Crippen MR) is 74.7 cm³/mol. The van der Waals surface area contributed by atoms with Crippen LogP contribution in [0.3, 0.4) is 0 Å². The van der Waals surface area contributed by atoms with Crippen molar-refractivity contribution in [3.05, 3.63) is 29.8 Å². The van der Waals surface area contributed by atoms with Gasteiger partial charge in [-0.05, 0) is 43.0 Å². The fourth-order valence-corrected chi connectivity index (χ4v) is 2.60. The van der Waals surface area contributed by atoms with Crippen LogP contribution in [0.15, 0.2) is 24.3 Å². The van der Waals surface area contributed by atoms with Gasteiger partial charge in [0.15, 0.2) is 0 Å². The maximum absolute atomic E-state index is 5.56. The second-order valence-corrected chi connectivity index (χ2v) is 5.27. The molecule has 3 heteroatoms. The number of rotatable bonds is 5. The minimum Gasteiger partial charge on any atom is -0.492 e. The fraction of sp³-hybridized carbons (Fsp3) is 0.600. The molecular weight excluding hydrogens is 224 g/mol. The molecule has 1 aliphatic rings. The first-order valence-corrected chi connectivity index (χ1v) is 6.92. The Labute approximate surface area is 110 Å². The van der Waals surface area contributed by atoms with E-state index in [0.717, 1.165) is 18.2 Å². The Kier molecular flexibility index (Phi) is 5.02. The summed E-state index contributed by atoms with van der Waals surface area (Å²) in [5.41, 5.74) is 6.78. The van der Waals surface area contributed by atoms with Crippen LogP contribution < -0.4 is 10.5 Å². The normalized spacial score (nSPS) is 20.9. The second kappa shape index (κ2) is 6.76. The van der Waals surface area contributed by atoms with Gasteiger partial charge in [-0.25, -0.2) is 0 Å². The first-order chi connectivity index (χ1) is 8.78. The van der Waals surface area contributed by atoms with Crippen molar-refractivity contribution in [2.75, 3.05) is 26.2 Å². The summed E-state index contributed by atoms with van der Waals surface area (Å²) in [7, 11) is 0. The van der Waals surface area contributed by atoms with Gasteiger partial charge in [0, 0.05) is 19.6 Å². The Hall–Kier alpha value is -1.06. The standard InChI is InChI=1S/C15H24N2O/c1-13-4-3-8-17(11-13)12-14-5-2-6-15(10-14)18-9-7-16/h2,5-6,10,13H,3-4,7-9,11-12,16H2,1H3. The average Bonchev–Trinajstić information content (AvgIpc) is 2.37. The highest BCUT2D eigenvalue weighted by Gasteiger charge is 2.16. The van der Waals surface area contributed by atoms with Crippen LogP contribution in [0.2, 0.25) is 0 Å². The average molecular weight is 248 g/mol. The zero-order chi connectivity index (χ0) is 12.8. The van der Waals surface area contributed by atoms with Gasteiger partial charge in [0.2, 0.25) is 0 Å². The van der Waals surface area contributed by atoms with Gasteiger partial charge in [-0.3, -0.25) is 4.90 Å².